The largest absolute Gasteiger partial charge is 0.377 e. The summed E-state index contributed by atoms with van der Waals surface area (Å²) in [5.74, 6) is 0.815. The topological polar surface area (TPSA) is 108 Å². The summed E-state index contributed by atoms with van der Waals surface area (Å²) in [6.45, 7) is 7.93. The number of ether oxygens (including phenoxy) is 1. The van der Waals surface area contributed by atoms with Crippen molar-refractivity contribution in [1.29, 1.82) is 0 Å². The van der Waals surface area contributed by atoms with Gasteiger partial charge in [-0.05, 0) is 57.2 Å². The van der Waals surface area contributed by atoms with Gasteiger partial charge in [-0.15, -0.1) is 5.10 Å². The summed E-state index contributed by atoms with van der Waals surface area (Å²) >= 11 is 0. The van der Waals surface area contributed by atoms with E-state index in [9.17, 15) is 8.42 Å². The van der Waals surface area contributed by atoms with Gasteiger partial charge in [0.15, 0.2) is 5.65 Å². The van der Waals surface area contributed by atoms with E-state index in [-0.39, 0.29) is 10.9 Å². The van der Waals surface area contributed by atoms with Crippen LogP contribution in [0.5, 0.6) is 0 Å². The number of nitrogens with zero attached hydrogens (tertiary/aromatic N) is 7. The monoisotopic (exact) mass is 543 g/mol. The normalized spacial score (nSPS) is 16.2. The Morgan fingerprint density at radius 3 is 2.56 bits per heavy atom. The van der Waals surface area contributed by atoms with Crippen molar-refractivity contribution >= 4 is 26.9 Å². The number of hydrogen-bond donors (Lipinski definition) is 0. The van der Waals surface area contributed by atoms with Crippen molar-refractivity contribution in [2.45, 2.75) is 31.7 Å². The predicted octanol–water partition coefficient (Wildman–Crippen LogP) is 3.97. The number of rotatable bonds is 5. The summed E-state index contributed by atoms with van der Waals surface area (Å²) in [6.07, 6.45) is 3.18. The van der Waals surface area contributed by atoms with Gasteiger partial charge in [0.05, 0.1) is 41.2 Å². The number of benzene rings is 1. The quantitative estimate of drug-likeness (QED) is 0.328. The van der Waals surface area contributed by atoms with Crippen LogP contribution in [0.1, 0.15) is 18.2 Å². The molecule has 0 spiro atoms. The Morgan fingerprint density at radius 1 is 1.05 bits per heavy atom. The van der Waals surface area contributed by atoms with Gasteiger partial charge in [-0.3, -0.25) is 0 Å². The summed E-state index contributed by atoms with van der Waals surface area (Å²) < 4.78 is 35.7. The Hall–Kier alpha value is -4.09. The van der Waals surface area contributed by atoms with Crippen LogP contribution in [0, 0.1) is 13.8 Å². The number of hydrogen-bond acceptors (Lipinski definition) is 8. The van der Waals surface area contributed by atoms with Crippen molar-refractivity contribution in [2.75, 3.05) is 24.7 Å². The molecule has 11 heteroatoms. The minimum atomic E-state index is -3.83. The molecule has 0 aliphatic carbocycles. The lowest BCUT2D eigenvalue weighted by Gasteiger charge is -2.34. The van der Waals surface area contributed by atoms with Crippen LogP contribution in [0.3, 0.4) is 0 Å². The van der Waals surface area contributed by atoms with Crippen molar-refractivity contribution in [2.24, 2.45) is 7.05 Å². The van der Waals surface area contributed by atoms with Gasteiger partial charge < -0.3 is 9.64 Å². The van der Waals surface area contributed by atoms with Crippen LogP contribution in [0.2, 0.25) is 0 Å². The highest BCUT2D eigenvalue weighted by Gasteiger charge is 2.25. The maximum absolute atomic E-state index is 13.5. The summed E-state index contributed by atoms with van der Waals surface area (Å²) in [7, 11) is -1.97. The molecular formula is C28H29N7O3S. The summed E-state index contributed by atoms with van der Waals surface area (Å²) in [5.41, 5.74) is 5.46. The first kappa shape index (κ1) is 25.2. The SMILES string of the molecule is Cc1ccc(S(=O)(=O)n2ccc3c(-c4cc(-c5c(C)nnn5C)cc(N5CCOC[C@H]5C)n4)ccnc32)cc1. The van der Waals surface area contributed by atoms with Crippen LogP contribution in [0.25, 0.3) is 33.5 Å². The molecule has 1 atom stereocenters. The Kier molecular flexibility index (Phi) is 6.19. The van der Waals surface area contributed by atoms with E-state index in [1.165, 1.54) is 3.97 Å². The molecule has 6 rings (SSSR count). The van der Waals surface area contributed by atoms with E-state index in [1.54, 1.807) is 47.4 Å². The third-order valence-electron chi connectivity index (χ3n) is 7.15. The minimum Gasteiger partial charge on any atom is -0.377 e. The van der Waals surface area contributed by atoms with Gasteiger partial charge >= 0.3 is 0 Å². The lowest BCUT2D eigenvalue weighted by molar-refractivity contribution is 0.0985. The molecule has 10 nitrogen and oxygen atoms in total. The zero-order chi connectivity index (χ0) is 27.3. The molecule has 0 unspecified atom stereocenters. The first-order chi connectivity index (χ1) is 18.7. The van der Waals surface area contributed by atoms with E-state index in [1.807, 2.05) is 33.0 Å². The van der Waals surface area contributed by atoms with E-state index < -0.39 is 10.0 Å². The van der Waals surface area contributed by atoms with Crippen LogP contribution in [0.15, 0.2) is 65.8 Å². The van der Waals surface area contributed by atoms with Gasteiger partial charge in [0.2, 0.25) is 0 Å². The second-order valence-corrected chi connectivity index (χ2v) is 11.7. The number of fused-ring (bicyclic) bond motifs is 1. The summed E-state index contributed by atoms with van der Waals surface area (Å²) in [4.78, 5) is 12.0. The molecule has 1 aliphatic rings. The van der Waals surface area contributed by atoms with E-state index >= 15 is 0 Å². The second-order valence-electron chi connectivity index (χ2n) is 9.89. The molecule has 1 fully saturated rings. The molecule has 4 aromatic heterocycles. The molecule has 0 bridgehead atoms. The Balaban J connectivity index is 1.53. The molecule has 200 valence electrons. The van der Waals surface area contributed by atoms with Gasteiger partial charge in [0, 0.05) is 42.5 Å². The molecule has 39 heavy (non-hydrogen) atoms. The fourth-order valence-electron chi connectivity index (χ4n) is 5.12. The molecular weight excluding hydrogens is 514 g/mol. The van der Waals surface area contributed by atoms with Crippen LogP contribution in [0.4, 0.5) is 5.82 Å². The molecule has 5 heterocycles. The van der Waals surface area contributed by atoms with Crippen molar-refractivity contribution < 1.29 is 13.2 Å². The Bertz CT molecular complexity index is 1770. The minimum absolute atomic E-state index is 0.151. The number of aromatic nitrogens is 6. The maximum atomic E-state index is 13.5. The van der Waals surface area contributed by atoms with Gasteiger partial charge in [-0.2, -0.15) is 0 Å². The zero-order valence-electron chi connectivity index (χ0n) is 22.2. The smallest absolute Gasteiger partial charge is 0.269 e. The average molecular weight is 544 g/mol. The number of aryl methyl sites for hydroxylation is 3. The summed E-state index contributed by atoms with van der Waals surface area (Å²) in [5, 5.41) is 9.14. The van der Waals surface area contributed by atoms with Crippen molar-refractivity contribution in [3.8, 4) is 22.5 Å². The highest BCUT2D eigenvalue weighted by molar-refractivity contribution is 7.90. The molecule has 1 aromatic carbocycles. The lowest BCUT2D eigenvalue weighted by Crippen LogP contribution is -2.44. The fourth-order valence-corrected chi connectivity index (χ4v) is 6.42. The standard InChI is InChI=1S/C28H29N7O3S/c1-18-5-7-22(8-6-18)39(36,37)35-12-10-24-23(9-11-29-28(24)35)25-15-21(27-20(3)31-32-33(27)4)16-26(30-25)34-13-14-38-17-19(34)2/h5-12,15-16,19H,13-14,17H2,1-4H3/t19-/m1/s1. The molecule has 5 aromatic rings. The van der Waals surface area contributed by atoms with Gasteiger partial charge in [-0.25, -0.2) is 27.0 Å². The highest BCUT2D eigenvalue weighted by Crippen LogP contribution is 2.35. The second kappa shape index (κ2) is 9.58. The number of pyridine rings is 2. The Morgan fingerprint density at radius 2 is 1.85 bits per heavy atom. The number of anilines is 1. The highest BCUT2D eigenvalue weighted by atomic mass is 32.2. The third kappa shape index (κ3) is 4.37. The molecule has 0 N–H and O–H groups in total. The zero-order valence-corrected chi connectivity index (χ0v) is 23.1. The van der Waals surface area contributed by atoms with Crippen molar-refractivity contribution in [1.82, 2.24) is 28.9 Å². The first-order valence-electron chi connectivity index (χ1n) is 12.8. The van der Waals surface area contributed by atoms with E-state index in [0.29, 0.717) is 29.9 Å². The van der Waals surface area contributed by atoms with Crippen LogP contribution < -0.4 is 4.90 Å². The maximum Gasteiger partial charge on any atom is 0.269 e. The van der Waals surface area contributed by atoms with Gasteiger partial charge in [0.25, 0.3) is 10.0 Å². The summed E-state index contributed by atoms with van der Waals surface area (Å²) in [6, 6.07) is 14.7. The van der Waals surface area contributed by atoms with Gasteiger partial charge in [-0.1, -0.05) is 22.9 Å². The van der Waals surface area contributed by atoms with Crippen molar-refractivity contribution in [3.63, 3.8) is 0 Å². The molecule has 0 saturated carbocycles. The van der Waals surface area contributed by atoms with Crippen molar-refractivity contribution in [3.05, 3.63) is 72.2 Å². The lowest BCUT2D eigenvalue weighted by atomic mass is 10.0. The van der Waals surface area contributed by atoms with Crippen LogP contribution in [-0.4, -0.2) is 63.2 Å². The molecule has 1 aliphatic heterocycles. The van der Waals surface area contributed by atoms with Crippen LogP contribution >= 0.6 is 0 Å². The Labute approximate surface area is 226 Å². The predicted molar refractivity (Wildman–Crippen MR) is 149 cm³/mol. The van der Waals surface area contributed by atoms with E-state index in [4.69, 9.17) is 9.72 Å². The fraction of sp³-hybridized carbons (Fsp3) is 0.286. The van der Waals surface area contributed by atoms with E-state index in [2.05, 4.69) is 33.2 Å². The number of morpholine rings is 1. The van der Waals surface area contributed by atoms with Gasteiger partial charge in [0.1, 0.15) is 5.82 Å². The molecule has 0 amide bonds. The van der Waals surface area contributed by atoms with E-state index in [0.717, 1.165) is 40.4 Å². The van der Waals surface area contributed by atoms with Crippen LogP contribution in [-0.2, 0) is 21.8 Å². The molecule has 0 radical (unpaired) electrons. The average Bonchev–Trinajstić information content (AvgIpc) is 3.52. The molecule has 1 saturated heterocycles. The first-order valence-corrected chi connectivity index (χ1v) is 14.2. The third-order valence-corrected chi connectivity index (χ3v) is 8.83.